The van der Waals surface area contributed by atoms with Crippen molar-refractivity contribution in [2.24, 2.45) is 4.99 Å². The zero-order valence-corrected chi connectivity index (χ0v) is 14.7. The van der Waals surface area contributed by atoms with Gasteiger partial charge >= 0.3 is 0 Å². The summed E-state index contributed by atoms with van der Waals surface area (Å²) < 4.78 is 5.17. The highest BCUT2D eigenvalue weighted by atomic mass is 16.5. The summed E-state index contributed by atoms with van der Waals surface area (Å²) in [4.78, 5) is 8.76. The number of aryl methyl sites for hydroxylation is 1. The van der Waals surface area contributed by atoms with E-state index in [-0.39, 0.29) is 0 Å². The summed E-state index contributed by atoms with van der Waals surface area (Å²) in [6.45, 7) is 6.46. The summed E-state index contributed by atoms with van der Waals surface area (Å²) in [7, 11) is 1.67. The maximum Gasteiger partial charge on any atom is 0.191 e. The number of guanidine groups is 1. The number of nitrogens with zero attached hydrogens (tertiary/aromatic N) is 2. The molecule has 1 heterocycles. The van der Waals surface area contributed by atoms with Crippen LogP contribution in [0.2, 0.25) is 0 Å². The fourth-order valence-electron chi connectivity index (χ4n) is 2.34. The third-order valence-corrected chi connectivity index (χ3v) is 3.75. The van der Waals surface area contributed by atoms with Crippen LogP contribution in [0.1, 0.15) is 23.6 Å². The summed E-state index contributed by atoms with van der Waals surface area (Å²) in [6, 6.07) is 10.0. The largest absolute Gasteiger partial charge is 0.497 e. The molecule has 128 valence electrons. The van der Waals surface area contributed by atoms with E-state index in [2.05, 4.69) is 40.5 Å². The van der Waals surface area contributed by atoms with Crippen LogP contribution in [0.15, 0.2) is 47.7 Å². The van der Waals surface area contributed by atoms with E-state index in [1.54, 1.807) is 7.11 Å². The Labute approximate surface area is 144 Å². The molecule has 2 aromatic rings. The lowest BCUT2D eigenvalue weighted by Gasteiger charge is -2.12. The second-order valence-corrected chi connectivity index (χ2v) is 5.52. The Bertz CT molecular complexity index is 653. The molecule has 0 fully saturated rings. The predicted octanol–water partition coefficient (Wildman–Crippen LogP) is 2.70. The molecule has 0 aliphatic carbocycles. The molecule has 0 radical (unpaired) electrons. The fraction of sp³-hybridized carbons (Fsp3) is 0.368. The molecule has 5 nitrogen and oxygen atoms in total. The van der Waals surface area contributed by atoms with E-state index in [0.29, 0.717) is 6.54 Å². The average Bonchev–Trinajstić information content (AvgIpc) is 2.61. The van der Waals surface area contributed by atoms with Gasteiger partial charge in [0.05, 0.1) is 13.7 Å². The van der Waals surface area contributed by atoms with Crippen molar-refractivity contribution in [3.8, 4) is 5.75 Å². The van der Waals surface area contributed by atoms with Crippen molar-refractivity contribution in [3.63, 3.8) is 0 Å². The highest BCUT2D eigenvalue weighted by Gasteiger charge is 2.01. The first-order chi connectivity index (χ1) is 11.7. The van der Waals surface area contributed by atoms with Crippen LogP contribution in [-0.2, 0) is 13.0 Å². The summed E-state index contributed by atoms with van der Waals surface area (Å²) in [5, 5.41) is 6.66. The van der Waals surface area contributed by atoms with E-state index in [1.807, 2.05) is 36.7 Å². The average molecular weight is 326 g/mol. The van der Waals surface area contributed by atoms with E-state index >= 15 is 0 Å². The molecule has 0 spiro atoms. The normalized spacial score (nSPS) is 11.2. The molecule has 24 heavy (non-hydrogen) atoms. The topological polar surface area (TPSA) is 58.5 Å². The Morgan fingerprint density at radius 2 is 1.96 bits per heavy atom. The second kappa shape index (κ2) is 9.55. The molecular formula is C19H26N4O. The molecule has 5 heteroatoms. The van der Waals surface area contributed by atoms with Crippen LogP contribution in [-0.4, -0.2) is 31.1 Å². The number of benzene rings is 1. The number of rotatable bonds is 7. The van der Waals surface area contributed by atoms with Gasteiger partial charge in [0.2, 0.25) is 0 Å². The highest BCUT2D eigenvalue weighted by molar-refractivity contribution is 5.79. The fourth-order valence-corrected chi connectivity index (χ4v) is 2.34. The Morgan fingerprint density at radius 1 is 1.17 bits per heavy atom. The van der Waals surface area contributed by atoms with E-state index in [9.17, 15) is 0 Å². The van der Waals surface area contributed by atoms with Crippen LogP contribution in [0.25, 0.3) is 0 Å². The van der Waals surface area contributed by atoms with E-state index in [1.165, 1.54) is 11.1 Å². The maximum atomic E-state index is 5.17. The SMILES string of the molecule is CCNC(=NCc1ccc(OC)cc1)NCCc1ccncc1C. The number of hydrogen-bond donors (Lipinski definition) is 2. The van der Waals surface area contributed by atoms with Crippen LogP contribution in [0.3, 0.4) is 0 Å². The zero-order valence-electron chi connectivity index (χ0n) is 14.7. The number of methoxy groups -OCH3 is 1. The van der Waals surface area contributed by atoms with Gasteiger partial charge in [-0.3, -0.25) is 4.98 Å². The van der Waals surface area contributed by atoms with Crippen molar-refractivity contribution in [2.45, 2.75) is 26.8 Å². The number of nitrogens with one attached hydrogen (secondary N) is 2. The van der Waals surface area contributed by atoms with Crippen molar-refractivity contribution in [1.82, 2.24) is 15.6 Å². The molecule has 1 aromatic heterocycles. The first-order valence-corrected chi connectivity index (χ1v) is 8.27. The molecule has 0 bridgehead atoms. The number of ether oxygens (including phenoxy) is 1. The van der Waals surface area contributed by atoms with Crippen LogP contribution >= 0.6 is 0 Å². The van der Waals surface area contributed by atoms with Gasteiger partial charge in [-0.2, -0.15) is 0 Å². The third kappa shape index (κ3) is 5.57. The van der Waals surface area contributed by atoms with Gasteiger partial charge in [0, 0.05) is 25.5 Å². The van der Waals surface area contributed by atoms with Gasteiger partial charge in [-0.05, 0) is 55.2 Å². The van der Waals surface area contributed by atoms with Crippen LogP contribution < -0.4 is 15.4 Å². The molecule has 1 aromatic carbocycles. The molecule has 0 saturated heterocycles. The predicted molar refractivity (Wildman–Crippen MR) is 98.5 cm³/mol. The minimum Gasteiger partial charge on any atom is -0.497 e. The van der Waals surface area contributed by atoms with Crippen molar-refractivity contribution in [3.05, 3.63) is 59.4 Å². The summed E-state index contributed by atoms with van der Waals surface area (Å²) >= 11 is 0. The molecule has 0 amide bonds. The second-order valence-electron chi connectivity index (χ2n) is 5.52. The Hall–Kier alpha value is -2.56. The lowest BCUT2D eigenvalue weighted by molar-refractivity contribution is 0.414. The third-order valence-electron chi connectivity index (χ3n) is 3.75. The number of pyridine rings is 1. The summed E-state index contributed by atoms with van der Waals surface area (Å²) in [6.07, 6.45) is 4.69. The van der Waals surface area contributed by atoms with Crippen molar-refractivity contribution >= 4 is 5.96 Å². The lowest BCUT2D eigenvalue weighted by atomic mass is 10.1. The Kier molecular flexibility index (Phi) is 7.08. The maximum absolute atomic E-state index is 5.17. The molecule has 2 N–H and O–H groups in total. The van der Waals surface area contributed by atoms with Crippen LogP contribution in [0, 0.1) is 6.92 Å². The first kappa shape index (κ1) is 17.8. The minimum absolute atomic E-state index is 0.633. The van der Waals surface area contributed by atoms with Crippen molar-refractivity contribution in [2.75, 3.05) is 20.2 Å². The van der Waals surface area contributed by atoms with Crippen LogP contribution in [0.5, 0.6) is 5.75 Å². The standard InChI is InChI=1S/C19H26N4O/c1-4-21-19(22-12-10-17-9-11-20-13-15(17)2)23-14-16-5-7-18(24-3)8-6-16/h5-9,11,13H,4,10,12,14H2,1-3H3,(H2,21,22,23). The van der Waals surface area contributed by atoms with Gasteiger partial charge < -0.3 is 15.4 Å². The quantitative estimate of drug-likeness (QED) is 0.607. The molecule has 0 aliphatic heterocycles. The van der Waals surface area contributed by atoms with Gasteiger partial charge in [0.25, 0.3) is 0 Å². The van der Waals surface area contributed by atoms with Gasteiger partial charge in [-0.1, -0.05) is 12.1 Å². The lowest BCUT2D eigenvalue weighted by Crippen LogP contribution is -2.38. The Balaban J connectivity index is 1.89. The monoisotopic (exact) mass is 326 g/mol. The van der Waals surface area contributed by atoms with Crippen molar-refractivity contribution in [1.29, 1.82) is 0 Å². The molecule has 0 atom stereocenters. The van der Waals surface area contributed by atoms with Gasteiger partial charge in [0.1, 0.15) is 5.75 Å². The summed E-state index contributed by atoms with van der Waals surface area (Å²) in [5.74, 6) is 1.69. The number of aliphatic imine (C=N–C) groups is 1. The van der Waals surface area contributed by atoms with E-state index in [4.69, 9.17) is 4.74 Å². The molecular weight excluding hydrogens is 300 g/mol. The molecule has 2 rings (SSSR count). The van der Waals surface area contributed by atoms with E-state index in [0.717, 1.165) is 36.8 Å². The van der Waals surface area contributed by atoms with Crippen molar-refractivity contribution < 1.29 is 4.74 Å². The molecule has 0 unspecified atom stereocenters. The zero-order chi connectivity index (χ0) is 17.2. The van der Waals surface area contributed by atoms with Crippen LogP contribution in [0.4, 0.5) is 0 Å². The van der Waals surface area contributed by atoms with Gasteiger partial charge in [-0.15, -0.1) is 0 Å². The van der Waals surface area contributed by atoms with Gasteiger partial charge in [0.15, 0.2) is 5.96 Å². The Morgan fingerprint density at radius 3 is 2.62 bits per heavy atom. The first-order valence-electron chi connectivity index (χ1n) is 8.27. The highest BCUT2D eigenvalue weighted by Crippen LogP contribution is 2.11. The number of aromatic nitrogens is 1. The van der Waals surface area contributed by atoms with Gasteiger partial charge in [-0.25, -0.2) is 4.99 Å². The molecule has 0 saturated carbocycles. The summed E-state index contributed by atoms with van der Waals surface area (Å²) in [5.41, 5.74) is 3.68. The molecule has 0 aliphatic rings. The van der Waals surface area contributed by atoms with E-state index < -0.39 is 0 Å². The minimum atomic E-state index is 0.633. The smallest absolute Gasteiger partial charge is 0.191 e. The number of hydrogen-bond acceptors (Lipinski definition) is 3.